The third kappa shape index (κ3) is 2.78. The van der Waals surface area contributed by atoms with E-state index in [0.29, 0.717) is 25.8 Å². The van der Waals surface area contributed by atoms with Crippen molar-refractivity contribution in [3.05, 3.63) is 23.9 Å². The van der Waals surface area contributed by atoms with Crippen molar-refractivity contribution in [1.29, 1.82) is 0 Å². The highest BCUT2D eigenvalue weighted by atomic mass is 19.4. The van der Waals surface area contributed by atoms with E-state index in [2.05, 4.69) is 4.98 Å². The van der Waals surface area contributed by atoms with Crippen molar-refractivity contribution >= 4 is 17.8 Å². The molecule has 1 aromatic heterocycles. The number of carbonyl (C=O) groups is 2. The van der Waals surface area contributed by atoms with Crippen LogP contribution >= 0.6 is 0 Å². The highest BCUT2D eigenvalue weighted by Gasteiger charge is 2.50. The lowest BCUT2D eigenvalue weighted by Crippen LogP contribution is -2.49. The number of aromatic nitrogens is 1. The van der Waals surface area contributed by atoms with Gasteiger partial charge in [-0.15, -0.1) is 0 Å². The summed E-state index contributed by atoms with van der Waals surface area (Å²) in [6.07, 6.45) is -3.07. The number of hydrogen-bond donors (Lipinski definition) is 1. The molecule has 6 nitrogen and oxygen atoms in total. The highest BCUT2D eigenvalue weighted by molar-refractivity contribution is 5.99. The smallest absolute Gasteiger partial charge is 0.416 e. The van der Waals surface area contributed by atoms with E-state index in [4.69, 9.17) is 5.11 Å². The number of pyridine rings is 1. The minimum absolute atomic E-state index is 0.0425. The summed E-state index contributed by atoms with van der Waals surface area (Å²) < 4.78 is 38.5. The van der Waals surface area contributed by atoms with Crippen LogP contribution in [0.25, 0.3) is 0 Å². The Hall–Kier alpha value is -2.32. The summed E-state index contributed by atoms with van der Waals surface area (Å²) in [5.74, 6) is -0.389. The van der Waals surface area contributed by atoms with Gasteiger partial charge in [-0.3, -0.25) is 9.69 Å². The molecule has 0 radical (unpaired) electrons. The molecule has 2 fully saturated rings. The number of amides is 2. The largest absolute Gasteiger partial charge is 0.465 e. The van der Waals surface area contributed by atoms with Crippen LogP contribution in [-0.4, -0.2) is 46.6 Å². The van der Waals surface area contributed by atoms with E-state index >= 15 is 0 Å². The summed E-state index contributed by atoms with van der Waals surface area (Å²) >= 11 is 0. The molecular weight excluding hydrogens is 327 g/mol. The monoisotopic (exact) mass is 343 g/mol. The Morgan fingerprint density at radius 2 is 2.04 bits per heavy atom. The average Bonchev–Trinajstić information content (AvgIpc) is 2.83. The van der Waals surface area contributed by atoms with Crippen LogP contribution in [0.4, 0.5) is 23.8 Å². The maximum atomic E-state index is 12.8. The number of anilines is 1. The molecule has 0 aliphatic carbocycles. The molecule has 2 saturated heterocycles. The standard InChI is InChI=1S/C15H16F3N3O3/c16-15(17,18)10-2-5-19-11(8-10)21-7-4-14(12(21)22)3-1-6-20(9-14)13(23)24/h2,5,8H,1,3-4,6-7,9H2,(H,23,24). The third-order valence-electron chi connectivity index (χ3n) is 4.71. The Bertz CT molecular complexity index is 679. The quantitative estimate of drug-likeness (QED) is 0.851. The summed E-state index contributed by atoms with van der Waals surface area (Å²) in [6, 6.07) is 1.71. The molecule has 0 aromatic carbocycles. The Kier molecular flexibility index (Phi) is 3.89. The van der Waals surface area contributed by atoms with E-state index in [-0.39, 0.29) is 24.8 Å². The molecule has 2 aliphatic rings. The molecule has 1 N–H and O–H groups in total. The summed E-state index contributed by atoms with van der Waals surface area (Å²) in [5, 5.41) is 9.14. The molecule has 1 atom stereocenters. The summed E-state index contributed by atoms with van der Waals surface area (Å²) in [4.78, 5) is 30.3. The fraction of sp³-hybridized carbons (Fsp3) is 0.533. The number of rotatable bonds is 1. The Balaban J connectivity index is 1.85. The zero-order chi connectivity index (χ0) is 17.5. The Morgan fingerprint density at radius 3 is 2.71 bits per heavy atom. The Morgan fingerprint density at radius 1 is 1.29 bits per heavy atom. The molecular formula is C15H16F3N3O3. The van der Waals surface area contributed by atoms with Gasteiger partial charge in [0.05, 0.1) is 11.0 Å². The molecule has 24 heavy (non-hydrogen) atoms. The van der Waals surface area contributed by atoms with E-state index in [1.807, 2.05) is 0 Å². The van der Waals surface area contributed by atoms with Crippen molar-refractivity contribution in [3.63, 3.8) is 0 Å². The zero-order valence-electron chi connectivity index (χ0n) is 12.7. The van der Waals surface area contributed by atoms with Crippen LogP contribution in [-0.2, 0) is 11.0 Å². The lowest BCUT2D eigenvalue weighted by Gasteiger charge is -2.37. The number of nitrogens with zero attached hydrogens (tertiary/aromatic N) is 3. The fourth-order valence-electron chi connectivity index (χ4n) is 3.46. The van der Waals surface area contributed by atoms with Gasteiger partial charge in [-0.1, -0.05) is 0 Å². The minimum Gasteiger partial charge on any atom is -0.465 e. The van der Waals surface area contributed by atoms with Gasteiger partial charge in [-0.05, 0) is 31.4 Å². The SMILES string of the molecule is O=C(O)N1CCCC2(CCN(c3cc(C(F)(F)F)ccn3)C2=O)C1. The van der Waals surface area contributed by atoms with Crippen LogP contribution in [0.3, 0.4) is 0 Å². The molecule has 130 valence electrons. The summed E-state index contributed by atoms with van der Waals surface area (Å²) in [7, 11) is 0. The van der Waals surface area contributed by atoms with Crippen molar-refractivity contribution in [2.24, 2.45) is 5.41 Å². The van der Waals surface area contributed by atoms with Gasteiger partial charge in [0.15, 0.2) is 0 Å². The summed E-state index contributed by atoms with van der Waals surface area (Å²) in [5.41, 5.74) is -1.72. The van der Waals surface area contributed by atoms with Crippen LogP contribution in [0.5, 0.6) is 0 Å². The predicted octanol–water partition coefficient (Wildman–Crippen LogP) is 2.60. The summed E-state index contributed by atoms with van der Waals surface area (Å²) in [6.45, 7) is 0.684. The van der Waals surface area contributed by atoms with Gasteiger partial charge < -0.3 is 10.0 Å². The van der Waals surface area contributed by atoms with Crippen LogP contribution in [0.2, 0.25) is 0 Å². The third-order valence-corrected chi connectivity index (χ3v) is 4.71. The molecule has 2 amide bonds. The molecule has 0 saturated carbocycles. The number of alkyl halides is 3. The number of carbonyl (C=O) groups excluding carboxylic acids is 1. The average molecular weight is 343 g/mol. The first kappa shape index (κ1) is 16.5. The van der Waals surface area contributed by atoms with Crippen molar-refractivity contribution in [2.45, 2.75) is 25.4 Å². The molecule has 1 spiro atoms. The lowest BCUT2D eigenvalue weighted by atomic mass is 9.78. The number of hydrogen-bond acceptors (Lipinski definition) is 3. The van der Waals surface area contributed by atoms with E-state index in [1.165, 1.54) is 9.80 Å². The zero-order valence-corrected chi connectivity index (χ0v) is 12.7. The maximum Gasteiger partial charge on any atom is 0.416 e. The first-order valence-corrected chi connectivity index (χ1v) is 7.56. The molecule has 3 rings (SSSR count). The van der Waals surface area contributed by atoms with E-state index in [1.54, 1.807) is 0 Å². The molecule has 0 bridgehead atoms. The fourth-order valence-corrected chi connectivity index (χ4v) is 3.46. The molecule has 1 aromatic rings. The minimum atomic E-state index is -4.51. The molecule has 1 unspecified atom stereocenters. The first-order chi connectivity index (χ1) is 11.2. The second-order valence-electron chi connectivity index (χ2n) is 6.20. The van der Waals surface area contributed by atoms with Crippen molar-refractivity contribution < 1.29 is 27.9 Å². The van der Waals surface area contributed by atoms with Crippen LogP contribution in [0.15, 0.2) is 18.3 Å². The van der Waals surface area contributed by atoms with E-state index in [9.17, 15) is 22.8 Å². The lowest BCUT2D eigenvalue weighted by molar-refractivity contribution is -0.137. The topological polar surface area (TPSA) is 73.7 Å². The number of carboxylic acid groups (broad SMARTS) is 1. The molecule has 2 aliphatic heterocycles. The van der Waals surface area contributed by atoms with E-state index in [0.717, 1.165) is 18.3 Å². The maximum absolute atomic E-state index is 12.8. The predicted molar refractivity (Wildman–Crippen MR) is 77.5 cm³/mol. The van der Waals surface area contributed by atoms with Crippen molar-refractivity contribution in [1.82, 2.24) is 9.88 Å². The highest BCUT2D eigenvalue weighted by Crippen LogP contribution is 2.42. The molecule has 3 heterocycles. The van der Waals surface area contributed by atoms with Gasteiger partial charge in [0.2, 0.25) is 5.91 Å². The van der Waals surface area contributed by atoms with E-state index < -0.39 is 23.2 Å². The van der Waals surface area contributed by atoms with Crippen molar-refractivity contribution in [3.8, 4) is 0 Å². The Labute approximate surface area is 135 Å². The van der Waals surface area contributed by atoms with Gasteiger partial charge in [0.25, 0.3) is 0 Å². The first-order valence-electron chi connectivity index (χ1n) is 7.56. The second-order valence-corrected chi connectivity index (χ2v) is 6.20. The molecule has 9 heteroatoms. The van der Waals surface area contributed by atoms with Crippen LogP contribution in [0, 0.1) is 5.41 Å². The number of piperidine rings is 1. The van der Waals surface area contributed by atoms with Gasteiger partial charge in [0, 0.05) is 25.8 Å². The van der Waals surface area contributed by atoms with Gasteiger partial charge >= 0.3 is 12.3 Å². The van der Waals surface area contributed by atoms with Crippen LogP contribution < -0.4 is 4.90 Å². The normalized spacial score (nSPS) is 24.7. The second kappa shape index (κ2) is 5.64. The van der Waals surface area contributed by atoms with Gasteiger partial charge in [-0.25, -0.2) is 9.78 Å². The van der Waals surface area contributed by atoms with Gasteiger partial charge in [0.1, 0.15) is 5.82 Å². The number of likely N-dealkylation sites (tertiary alicyclic amines) is 1. The van der Waals surface area contributed by atoms with Crippen LogP contribution in [0.1, 0.15) is 24.8 Å². The van der Waals surface area contributed by atoms with Gasteiger partial charge in [-0.2, -0.15) is 13.2 Å². The van der Waals surface area contributed by atoms with Crippen molar-refractivity contribution in [2.75, 3.05) is 24.5 Å². The number of halogens is 3.